The van der Waals surface area contributed by atoms with Gasteiger partial charge in [-0.2, -0.15) is 0 Å². The van der Waals surface area contributed by atoms with Crippen molar-refractivity contribution in [1.82, 2.24) is 19.8 Å². The van der Waals surface area contributed by atoms with E-state index in [1.807, 2.05) is 43.3 Å². The molecule has 1 fully saturated rings. The second-order valence-corrected chi connectivity index (χ2v) is 13.2. The maximum Gasteiger partial charge on any atom is 0.323 e. The van der Waals surface area contributed by atoms with Gasteiger partial charge in [-0.1, -0.05) is 42.8 Å². The summed E-state index contributed by atoms with van der Waals surface area (Å²) in [4.78, 5) is 38.3. The molecule has 3 aliphatic rings. The number of esters is 1. The third-order valence-corrected chi connectivity index (χ3v) is 10.5. The summed E-state index contributed by atoms with van der Waals surface area (Å²) in [6.45, 7) is 3.11. The molecule has 8 rings (SSSR count). The normalized spacial score (nSPS) is 23.3. The predicted octanol–water partition coefficient (Wildman–Crippen LogP) is 4.10. The number of nitrogens with zero attached hydrogens (tertiary/aromatic N) is 2. The van der Waals surface area contributed by atoms with Crippen molar-refractivity contribution in [3.8, 4) is 0 Å². The topological polar surface area (TPSA) is 159 Å². The lowest BCUT2D eigenvalue weighted by Crippen LogP contribution is -2.45. The number of ether oxygens (including phenoxy) is 3. The van der Waals surface area contributed by atoms with Crippen molar-refractivity contribution in [2.24, 2.45) is 11.7 Å². The number of rotatable bonds is 12. The van der Waals surface area contributed by atoms with E-state index in [1.54, 1.807) is 7.11 Å². The first-order chi connectivity index (χ1) is 23.3. The number of carboxylic acids is 1. The van der Waals surface area contributed by atoms with Crippen LogP contribution in [-0.4, -0.2) is 71.0 Å². The van der Waals surface area contributed by atoms with Crippen LogP contribution in [0.15, 0.2) is 48.5 Å². The smallest absolute Gasteiger partial charge is 0.323 e. The molecule has 48 heavy (non-hydrogen) atoms. The molecule has 5 aromatic rings. The van der Waals surface area contributed by atoms with Gasteiger partial charge in [-0.15, -0.1) is 0 Å². The molecule has 2 bridgehead atoms. The molecule has 1 saturated heterocycles. The van der Waals surface area contributed by atoms with E-state index in [-0.39, 0.29) is 25.5 Å². The lowest BCUT2D eigenvalue weighted by Gasteiger charge is -2.34. The number of carbonyl (C=O) groups is 3. The highest BCUT2D eigenvalue weighted by Gasteiger charge is 2.58. The molecule has 5 N–H and O–H groups in total. The lowest BCUT2D eigenvalue weighted by atomic mass is 9.94. The fourth-order valence-electron chi connectivity index (χ4n) is 8.57. The number of nitrogens with two attached hydrogens (primary N) is 1. The van der Waals surface area contributed by atoms with Crippen LogP contribution in [0.3, 0.4) is 0 Å². The molecule has 2 aromatic heterocycles. The van der Waals surface area contributed by atoms with E-state index in [0.717, 1.165) is 55.6 Å². The quantitative estimate of drug-likeness (QED) is 0.115. The second kappa shape index (κ2) is 11.6. The van der Waals surface area contributed by atoms with Gasteiger partial charge in [-0.05, 0) is 44.0 Å². The molecule has 5 atom stereocenters. The van der Waals surface area contributed by atoms with Crippen LogP contribution >= 0.6 is 0 Å². The molecular weight excluding hydrogens is 614 g/mol. The monoisotopic (exact) mass is 653 g/mol. The summed E-state index contributed by atoms with van der Waals surface area (Å²) in [5.74, 6) is -1.93. The zero-order chi connectivity index (χ0) is 33.3. The molecule has 0 aliphatic carbocycles. The van der Waals surface area contributed by atoms with Crippen LogP contribution in [0.25, 0.3) is 43.6 Å². The molecule has 0 saturated carbocycles. The third kappa shape index (κ3) is 4.32. The van der Waals surface area contributed by atoms with Crippen LogP contribution in [0, 0.1) is 5.92 Å². The number of methoxy groups -OCH3 is 1. The Hall–Kier alpha value is -4.49. The summed E-state index contributed by atoms with van der Waals surface area (Å²) in [5, 5.41) is 19.2. The number of carboxylic acid groups (broad SMARTS) is 1. The number of hydrogen-bond acceptors (Lipinski definition) is 8. The van der Waals surface area contributed by atoms with Gasteiger partial charge in [-0.3, -0.25) is 14.4 Å². The molecule has 12 nitrogen and oxygen atoms in total. The molecule has 5 heterocycles. The molecule has 0 radical (unpaired) electrons. The van der Waals surface area contributed by atoms with Gasteiger partial charge in [0.2, 0.25) is 0 Å². The molecule has 0 spiro atoms. The summed E-state index contributed by atoms with van der Waals surface area (Å²) in [5.41, 5.74) is 10.1. The standard InChI is InChI=1S/C36H39N5O7/c1-36-32(46-2)22(18-47-35(45)23(11-7-8-15-37)38-16-14-26(42)43)34(48-36)40-24-12-5-3-9-19(24)28-29-21(17-39-33(29)44)27-20-10-4-6-13-25(20)41(36)31(27)30(28)40/h3-6,9-10,12-13,22-23,32,34,38H,7-8,11,14-18,37H2,1-2H3,(H,39,44)(H,42,43)/t22?,23-,32+,34?,36-/m0/s1. The SMILES string of the molecule is CO[C@@H]1C(COC(=O)[C@H](CCCCN)NCCC(=O)O)C2O[C@]1(C)n1c3ccccc3c3c4c(c5c6ccccc6n2c5c31)C(=O)NC4. The van der Waals surface area contributed by atoms with Gasteiger partial charge in [0.25, 0.3) is 5.91 Å². The molecule has 1 amide bonds. The first-order valence-corrected chi connectivity index (χ1v) is 16.6. The number of amides is 1. The predicted molar refractivity (Wildman–Crippen MR) is 180 cm³/mol. The Bertz CT molecular complexity index is 2140. The number of para-hydroxylation sites is 2. The van der Waals surface area contributed by atoms with E-state index in [0.29, 0.717) is 31.5 Å². The molecule has 12 heteroatoms. The largest absolute Gasteiger partial charge is 0.481 e. The Balaban J connectivity index is 1.29. The van der Waals surface area contributed by atoms with Gasteiger partial charge in [0.05, 0.1) is 40.0 Å². The fourth-order valence-corrected chi connectivity index (χ4v) is 8.57. The number of aliphatic carboxylic acids is 1. The first kappa shape index (κ1) is 30.8. The minimum absolute atomic E-state index is 0.00268. The number of unbranched alkanes of at least 4 members (excludes halogenated alkanes) is 1. The van der Waals surface area contributed by atoms with E-state index in [1.165, 1.54) is 0 Å². The summed E-state index contributed by atoms with van der Waals surface area (Å²) in [6, 6.07) is 15.6. The molecule has 2 unspecified atom stereocenters. The van der Waals surface area contributed by atoms with Crippen molar-refractivity contribution in [3.05, 3.63) is 59.7 Å². The van der Waals surface area contributed by atoms with E-state index in [4.69, 9.17) is 25.1 Å². The summed E-state index contributed by atoms with van der Waals surface area (Å²) in [7, 11) is 1.66. The highest BCUT2D eigenvalue weighted by Crippen LogP contribution is 2.56. The van der Waals surface area contributed by atoms with Crippen molar-refractivity contribution in [1.29, 1.82) is 0 Å². The van der Waals surface area contributed by atoms with Crippen LogP contribution in [0.2, 0.25) is 0 Å². The van der Waals surface area contributed by atoms with Gasteiger partial charge >= 0.3 is 11.9 Å². The highest BCUT2D eigenvalue weighted by molar-refractivity contribution is 6.31. The van der Waals surface area contributed by atoms with E-state index >= 15 is 0 Å². The van der Waals surface area contributed by atoms with Gasteiger partial charge in [0.15, 0.2) is 5.72 Å². The van der Waals surface area contributed by atoms with E-state index in [2.05, 4.69) is 31.9 Å². The summed E-state index contributed by atoms with van der Waals surface area (Å²) in [6.07, 6.45) is 0.674. The van der Waals surface area contributed by atoms with Crippen LogP contribution in [0.4, 0.5) is 0 Å². The van der Waals surface area contributed by atoms with Crippen molar-refractivity contribution in [3.63, 3.8) is 0 Å². The van der Waals surface area contributed by atoms with Crippen LogP contribution in [0.1, 0.15) is 54.8 Å². The van der Waals surface area contributed by atoms with Crippen LogP contribution in [-0.2, 0) is 36.1 Å². The van der Waals surface area contributed by atoms with Gasteiger partial charge in [0.1, 0.15) is 25.0 Å². The zero-order valence-electron chi connectivity index (χ0n) is 27.0. The molecule has 3 aromatic carbocycles. The average Bonchev–Trinajstić information content (AvgIpc) is 3.78. The Labute approximate surface area is 276 Å². The highest BCUT2D eigenvalue weighted by atomic mass is 16.6. The van der Waals surface area contributed by atoms with Crippen molar-refractivity contribution in [2.75, 3.05) is 26.8 Å². The van der Waals surface area contributed by atoms with Crippen molar-refractivity contribution >= 4 is 61.5 Å². The Morgan fingerprint density at radius 1 is 1.10 bits per heavy atom. The number of aromatic nitrogens is 2. The molecule has 3 aliphatic heterocycles. The minimum atomic E-state index is -1.00. The molecule has 250 valence electrons. The summed E-state index contributed by atoms with van der Waals surface area (Å²) >= 11 is 0. The van der Waals surface area contributed by atoms with E-state index in [9.17, 15) is 14.4 Å². The fraction of sp³-hybridized carbons (Fsp3) is 0.417. The number of nitrogens with one attached hydrogen (secondary N) is 2. The number of fused-ring (bicyclic) bond motifs is 13. The minimum Gasteiger partial charge on any atom is -0.481 e. The van der Waals surface area contributed by atoms with Crippen molar-refractivity contribution < 1.29 is 33.7 Å². The Morgan fingerprint density at radius 3 is 2.56 bits per heavy atom. The third-order valence-electron chi connectivity index (χ3n) is 10.5. The van der Waals surface area contributed by atoms with Crippen LogP contribution in [0.5, 0.6) is 0 Å². The van der Waals surface area contributed by atoms with Gasteiger partial charge in [0, 0.05) is 41.7 Å². The van der Waals surface area contributed by atoms with Gasteiger partial charge in [-0.25, -0.2) is 0 Å². The summed E-state index contributed by atoms with van der Waals surface area (Å²) < 4.78 is 24.0. The average molecular weight is 654 g/mol. The maximum atomic E-state index is 13.6. The lowest BCUT2D eigenvalue weighted by molar-refractivity contribution is -0.150. The number of carbonyl (C=O) groups excluding carboxylic acids is 2. The zero-order valence-corrected chi connectivity index (χ0v) is 27.0. The number of benzene rings is 3. The van der Waals surface area contributed by atoms with Crippen LogP contribution < -0.4 is 16.4 Å². The van der Waals surface area contributed by atoms with Crippen molar-refractivity contribution in [2.45, 2.75) is 63.3 Å². The number of hydrogen-bond donors (Lipinski definition) is 4. The Kier molecular flexibility index (Phi) is 7.44. The Morgan fingerprint density at radius 2 is 1.83 bits per heavy atom. The second-order valence-electron chi connectivity index (χ2n) is 13.2. The maximum absolute atomic E-state index is 13.6. The van der Waals surface area contributed by atoms with Gasteiger partial charge < -0.3 is 44.8 Å². The van der Waals surface area contributed by atoms with E-state index < -0.39 is 42.0 Å². The first-order valence-electron chi connectivity index (χ1n) is 16.6. The molecular formula is C36H39N5O7.